The number of fused-ring (bicyclic) bond motifs is 1. The quantitative estimate of drug-likeness (QED) is 0.911. The molecule has 0 spiro atoms. The summed E-state index contributed by atoms with van der Waals surface area (Å²) in [5.41, 5.74) is 7.72. The molecule has 0 amide bonds. The van der Waals surface area contributed by atoms with Crippen molar-refractivity contribution >= 4 is 10.8 Å². The molecule has 0 saturated carbocycles. The van der Waals surface area contributed by atoms with Crippen molar-refractivity contribution in [2.45, 2.75) is 19.4 Å². The van der Waals surface area contributed by atoms with Crippen LogP contribution in [0.25, 0.3) is 10.8 Å². The van der Waals surface area contributed by atoms with Crippen LogP contribution in [-0.4, -0.2) is 24.5 Å². The fourth-order valence-corrected chi connectivity index (χ4v) is 3.14. The van der Waals surface area contributed by atoms with Crippen molar-refractivity contribution in [3.8, 4) is 0 Å². The lowest BCUT2D eigenvalue weighted by Crippen LogP contribution is -2.30. The van der Waals surface area contributed by atoms with Crippen molar-refractivity contribution in [2.24, 2.45) is 11.7 Å². The lowest BCUT2D eigenvalue weighted by Gasteiger charge is -2.22. The Labute approximate surface area is 115 Å². The summed E-state index contributed by atoms with van der Waals surface area (Å²) in [4.78, 5) is 2.50. The maximum Gasteiger partial charge on any atom is 0.0430 e. The summed E-state index contributed by atoms with van der Waals surface area (Å²) < 4.78 is 0. The van der Waals surface area contributed by atoms with E-state index in [0.717, 1.165) is 12.5 Å². The zero-order valence-electron chi connectivity index (χ0n) is 11.5. The molecule has 0 aliphatic carbocycles. The van der Waals surface area contributed by atoms with E-state index < -0.39 is 0 Å². The van der Waals surface area contributed by atoms with E-state index in [9.17, 15) is 0 Å². The zero-order chi connectivity index (χ0) is 13.2. The van der Waals surface area contributed by atoms with Crippen molar-refractivity contribution < 1.29 is 0 Å². The normalized spacial score (nSPS) is 21.9. The average Bonchev–Trinajstić information content (AvgIpc) is 2.83. The van der Waals surface area contributed by atoms with Crippen molar-refractivity contribution in [3.05, 3.63) is 48.0 Å². The Balaban J connectivity index is 1.83. The van der Waals surface area contributed by atoms with Gasteiger partial charge in [-0.25, -0.2) is 0 Å². The van der Waals surface area contributed by atoms with E-state index in [2.05, 4.69) is 54.3 Å². The van der Waals surface area contributed by atoms with Gasteiger partial charge in [-0.3, -0.25) is 0 Å². The van der Waals surface area contributed by atoms with Gasteiger partial charge in [0.15, 0.2) is 0 Å². The van der Waals surface area contributed by atoms with Crippen molar-refractivity contribution in [3.63, 3.8) is 0 Å². The van der Waals surface area contributed by atoms with E-state index >= 15 is 0 Å². The molecule has 0 bridgehead atoms. The van der Waals surface area contributed by atoms with Gasteiger partial charge >= 0.3 is 0 Å². The van der Waals surface area contributed by atoms with Gasteiger partial charge in [0.25, 0.3) is 0 Å². The van der Waals surface area contributed by atoms with Crippen LogP contribution in [-0.2, 0) is 0 Å². The summed E-state index contributed by atoms with van der Waals surface area (Å²) in [6.07, 6.45) is 1.31. The van der Waals surface area contributed by atoms with Gasteiger partial charge in [-0.2, -0.15) is 0 Å². The second-order valence-corrected chi connectivity index (χ2v) is 5.83. The fraction of sp³-hybridized carbons (Fsp3) is 0.412. The molecule has 2 nitrogen and oxygen atoms in total. The smallest absolute Gasteiger partial charge is 0.0430 e. The predicted octanol–water partition coefficient (Wildman–Crippen LogP) is 3.18. The Morgan fingerprint density at radius 2 is 2.00 bits per heavy atom. The molecule has 2 aromatic rings. The molecular formula is C17H22N2. The molecule has 1 aliphatic rings. The fourth-order valence-electron chi connectivity index (χ4n) is 3.14. The molecule has 100 valence electrons. The van der Waals surface area contributed by atoms with Crippen LogP contribution >= 0.6 is 0 Å². The van der Waals surface area contributed by atoms with Gasteiger partial charge in [-0.05, 0) is 35.2 Å². The van der Waals surface area contributed by atoms with E-state index in [1.165, 1.54) is 35.8 Å². The van der Waals surface area contributed by atoms with Crippen LogP contribution in [0.1, 0.15) is 24.9 Å². The number of benzene rings is 2. The number of likely N-dealkylation sites (tertiary alicyclic amines) is 1. The van der Waals surface area contributed by atoms with E-state index in [1.54, 1.807) is 0 Å². The Morgan fingerprint density at radius 3 is 2.79 bits per heavy atom. The summed E-state index contributed by atoms with van der Waals surface area (Å²) in [6, 6.07) is 15.1. The molecule has 2 unspecified atom stereocenters. The monoisotopic (exact) mass is 254 g/mol. The minimum absolute atomic E-state index is 0.108. The van der Waals surface area contributed by atoms with Gasteiger partial charge in [0.1, 0.15) is 0 Å². The minimum atomic E-state index is 0.108. The van der Waals surface area contributed by atoms with Gasteiger partial charge in [0, 0.05) is 19.1 Å². The lowest BCUT2D eigenvalue weighted by molar-refractivity contribution is 0.307. The molecule has 0 radical (unpaired) electrons. The standard InChI is InChI=1S/C17H22N2/c1-13-9-10-19(11-13)12-17(18)16-8-4-6-14-5-2-3-7-15(14)16/h2-8,13,17H,9-12,18H2,1H3. The summed E-state index contributed by atoms with van der Waals surface area (Å²) in [6.45, 7) is 5.68. The number of nitrogens with two attached hydrogens (primary N) is 1. The first-order valence-electron chi connectivity index (χ1n) is 7.19. The topological polar surface area (TPSA) is 29.3 Å². The number of nitrogens with zero attached hydrogens (tertiary/aromatic N) is 1. The van der Waals surface area contributed by atoms with Gasteiger partial charge in [-0.15, -0.1) is 0 Å². The molecule has 2 heteroatoms. The van der Waals surface area contributed by atoms with E-state index in [0.29, 0.717) is 0 Å². The second-order valence-electron chi connectivity index (χ2n) is 5.83. The highest BCUT2D eigenvalue weighted by Gasteiger charge is 2.21. The Kier molecular flexibility index (Phi) is 3.54. The first-order chi connectivity index (χ1) is 9.24. The van der Waals surface area contributed by atoms with Crippen LogP contribution in [0.5, 0.6) is 0 Å². The maximum absolute atomic E-state index is 6.44. The van der Waals surface area contributed by atoms with E-state index in [4.69, 9.17) is 5.73 Å². The maximum atomic E-state index is 6.44. The molecule has 2 aromatic carbocycles. The van der Waals surface area contributed by atoms with Crippen LogP contribution in [0.15, 0.2) is 42.5 Å². The molecular weight excluding hydrogens is 232 g/mol. The number of hydrogen-bond acceptors (Lipinski definition) is 2. The molecule has 1 fully saturated rings. The highest BCUT2D eigenvalue weighted by Crippen LogP contribution is 2.25. The molecule has 19 heavy (non-hydrogen) atoms. The molecule has 1 aliphatic heterocycles. The number of rotatable bonds is 3. The first-order valence-corrected chi connectivity index (χ1v) is 7.19. The van der Waals surface area contributed by atoms with E-state index in [1.807, 2.05) is 0 Å². The third kappa shape index (κ3) is 2.65. The Hall–Kier alpha value is -1.38. The highest BCUT2D eigenvalue weighted by atomic mass is 15.2. The van der Waals surface area contributed by atoms with Gasteiger partial charge < -0.3 is 10.6 Å². The first kappa shape index (κ1) is 12.6. The van der Waals surface area contributed by atoms with Gasteiger partial charge in [-0.1, -0.05) is 49.4 Å². The molecule has 2 atom stereocenters. The Bertz CT molecular complexity index is 559. The Morgan fingerprint density at radius 1 is 1.21 bits per heavy atom. The molecule has 1 saturated heterocycles. The average molecular weight is 254 g/mol. The van der Waals surface area contributed by atoms with Crippen LogP contribution in [0, 0.1) is 5.92 Å². The second kappa shape index (κ2) is 5.32. The van der Waals surface area contributed by atoms with Crippen LogP contribution < -0.4 is 5.73 Å². The minimum Gasteiger partial charge on any atom is -0.323 e. The molecule has 3 rings (SSSR count). The predicted molar refractivity (Wildman–Crippen MR) is 81.1 cm³/mol. The van der Waals surface area contributed by atoms with Gasteiger partial charge in [0.05, 0.1) is 0 Å². The van der Waals surface area contributed by atoms with E-state index in [-0.39, 0.29) is 6.04 Å². The molecule has 1 heterocycles. The van der Waals surface area contributed by atoms with Crippen molar-refractivity contribution in [1.29, 1.82) is 0 Å². The molecule has 0 aromatic heterocycles. The zero-order valence-corrected chi connectivity index (χ0v) is 11.5. The van der Waals surface area contributed by atoms with Gasteiger partial charge in [0.2, 0.25) is 0 Å². The summed E-state index contributed by atoms with van der Waals surface area (Å²) >= 11 is 0. The third-order valence-electron chi connectivity index (χ3n) is 4.19. The van der Waals surface area contributed by atoms with Crippen LogP contribution in [0.2, 0.25) is 0 Å². The number of hydrogen-bond donors (Lipinski definition) is 1. The summed E-state index contributed by atoms with van der Waals surface area (Å²) in [5.74, 6) is 0.819. The van der Waals surface area contributed by atoms with Crippen molar-refractivity contribution in [2.75, 3.05) is 19.6 Å². The third-order valence-corrected chi connectivity index (χ3v) is 4.19. The summed E-state index contributed by atoms with van der Waals surface area (Å²) in [5, 5.41) is 2.58. The van der Waals surface area contributed by atoms with Crippen LogP contribution in [0.3, 0.4) is 0 Å². The lowest BCUT2D eigenvalue weighted by atomic mass is 9.99. The largest absolute Gasteiger partial charge is 0.323 e. The summed E-state index contributed by atoms with van der Waals surface area (Å²) in [7, 11) is 0. The SMILES string of the molecule is CC1CCN(CC(N)c2cccc3ccccc23)C1. The van der Waals surface area contributed by atoms with Crippen molar-refractivity contribution in [1.82, 2.24) is 4.90 Å². The van der Waals surface area contributed by atoms with Crippen LogP contribution in [0.4, 0.5) is 0 Å². The highest BCUT2D eigenvalue weighted by molar-refractivity contribution is 5.86. The molecule has 2 N–H and O–H groups in total.